The zero-order chi connectivity index (χ0) is 20.2. The van der Waals surface area contributed by atoms with Gasteiger partial charge in [-0.2, -0.15) is 5.26 Å². The fraction of sp³-hybridized carbons (Fsp3) is 0.348. The van der Waals surface area contributed by atoms with Crippen molar-refractivity contribution in [1.82, 2.24) is 4.90 Å². The van der Waals surface area contributed by atoms with Crippen LogP contribution in [0.15, 0.2) is 48.5 Å². The van der Waals surface area contributed by atoms with Gasteiger partial charge in [0.25, 0.3) is 0 Å². The number of amides is 3. The van der Waals surface area contributed by atoms with E-state index in [0.717, 1.165) is 42.6 Å². The van der Waals surface area contributed by atoms with E-state index >= 15 is 0 Å². The number of urea groups is 1. The molecule has 2 fully saturated rings. The molecule has 1 heterocycles. The molecule has 0 unspecified atom stereocenters. The molecule has 1 saturated heterocycles. The molecule has 1 N–H and O–H groups in total. The van der Waals surface area contributed by atoms with E-state index in [0.29, 0.717) is 25.2 Å². The molecule has 2 aromatic carbocycles. The molecule has 3 amide bonds. The van der Waals surface area contributed by atoms with Gasteiger partial charge in [-0.15, -0.1) is 0 Å². The van der Waals surface area contributed by atoms with Crippen molar-refractivity contribution in [3.8, 4) is 6.07 Å². The van der Waals surface area contributed by atoms with Gasteiger partial charge in [0.2, 0.25) is 5.91 Å². The molecule has 1 aliphatic heterocycles. The third-order valence-corrected chi connectivity index (χ3v) is 5.69. The molecule has 2 aliphatic rings. The van der Waals surface area contributed by atoms with Crippen molar-refractivity contribution in [1.29, 1.82) is 5.26 Å². The third kappa shape index (κ3) is 4.24. The summed E-state index contributed by atoms with van der Waals surface area (Å²) >= 11 is 0. The van der Waals surface area contributed by atoms with E-state index < -0.39 is 0 Å². The monoisotopic (exact) mass is 388 g/mol. The molecule has 0 bridgehead atoms. The maximum atomic E-state index is 13.0. The lowest BCUT2D eigenvalue weighted by molar-refractivity contribution is -0.122. The van der Waals surface area contributed by atoms with Crippen LogP contribution in [0.25, 0.3) is 0 Å². The van der Waals surface area contributed by atoms with Crippen LogP contribution in [0.4, 0.5) is 16.2 Å². The van der Waals surface area contributed by atoms with Crippen molar-refractivity contribution >= 4 is 23.3 Å². The Morgan fingerprint density at radius 2 is 1.76 bits per heavy atom. The molecule has 0 radical (unpaired) electrons. The molecule has 0 spiro atoms. The number of rotatable bonds is 5. The predicted octanol–water partition coefficient (Wildman–Crippen LogP) is 4.13. The third-order valence-electron chi connectivity index (χ3n) is 5.69. The Balaban J connectivity index is 1.40. The van der Waals surface area contributed by atoms with Gasteiger partial charge in [-0.1, -0.05) is 18.6 Å². The Morgan fingerprint density at radius 1 is 1.03 bits per heavy atom. The molecule has 0 atom stereocenters. The zero-order valence-electron chi connectivity index (χ0n) is 16.3. The number of carbonyl (C=O) groups is 2. The lowest BCUT2D eigenvalue weighted by Gasteiger charge is -2.35. The van der Waals surface area contributed by atoms with Gasteiger partial charge in [-0.25, -0.2) is 4.79 Å². The number of hydrogen-bond acceptors (Lipinski definition) is 3. The average molecular weight is 388 g/mol. The van der Waals surface area contributed by atoms with E-state index in [1.807, 2.05) is 41.3 Å². The van der Waals surface area contributed by atoms with Crippen molar-refractivity contribution in [2.75, 3.05) is 23.3 Å². The van der Waals surface area contributed by atoms with Crippen LogP contribution in [-0.4, -0.2) is 29.9 Å². The zero-order valence-corrected chi connectivity index (χ0v) is 16.3. The van der Waals surface area contributed by atoms with Gasteiger partial charge < -0.3 is 10.2 Å². The first-order valence-electron chi connectivity index (χ1n) is 10.1. The molecule has 29 heavy (non-hydrogen) atoms. The first-order valence-corrected chi connectivity index (χ1v) is 10.1. The summed E-state index contributed by atoms with van der Waals surface area (Å²) in [5.74, 6) is 0.237. The Morgan fingerprint density at radius 3 is 2.38 bits per heavy atom. The summed E-state index contributed by atoms with van der Waals surface area (Å²) in [6.45, 7) is 1.91. The Labute approximate surface area is 170 Å². The number of anilines is 2. The predicted molar refractivity (Wildman–Crippen MR) is 111 cm³/mol. The highest BCUT2D eigenvalue weighted by Crippen LogP contribution is 2.28. The van der Waals surface area contributed by atoms with E-state index in [2.05, 4.69) is 11.4 Å². The lowest BCUT2D eigenvalue weighted by atomic mass is 9.85. The minimum Gasteiger partial charge on any atom is -0.326 e. The Kier molecular flexibility index (Phi) is 5.48. The van der Waals surface area contributed by atoms with E-state index in [4.69, 9.17) is 5.26 Å². The van der Waals surface area contributed by atoms with Gasteiger partial charge in [-0.3, -0.25) is 9.69 Å². The molecule has 1 saturated carbocycles. The number of nitrogens with one attached hydrogen (secondary N) is 1. The van der Waals surface area contributed by atoms with E-state index in [1.165, 1.54) is 0 Å². The van der Waals surface area contributed by atoms with Gasteiger partial charge in [0, 0.05) is 36.9 Å². The summed E-state index contributed by atoms with van der Waals surface area (Å²) in [6, 6.07) is 16.9. The second-order valence-electron chi connectivity index (χ2n) is 7.68. The van der Waals surface area contributed by atoms with Crippen LogP contribution in [0.5, 0.6) is 0 Å². The van der Waals surface area contributed by atoms with Crippen LogP contribution in [0, 0.1) is 17.2 Å². The van der Waals surface area contributed by atoms with Gasteiger partial charge in [0.15, 0.2) is 0 Å². The minimum atomic E-state index is -0.0214. The minimum absolute atomic E-state index is 0.0214. The fourth-order valence-electron chi connectivity index (χ4n) is 3.71. The van der Waals surface area contributed by atoms with Crippen LogP contribution in [-0.2, 0) is 11.3 Å². The van der Waals surface area contributed by atoms with E-state index in [9.17, 15) is 9.59 Å². The van der Waals surface area contributed by atoms with Crippen LogP contribution < -0.4 is 10.2 Å². The summed E-state index contributed by atoms with van der Waals surface area (Å²) < 4.78 is 0. The van der Waals surface area contributed by atoms with E-state index in [-0.39, 0.29) is 17.9 Å². The summed E-state index contributed by atoms with van der Waals surface area (Å²) in [7, 11) is 0. The quantitative estimate of drug-likeness (QED) is 0.837. The van der Waals surface area contributed by atoms with Gasteiger partial charge in [-0.05, 0) is 61.2 Å². The van der Waals surface area contributed by atoms with E-state index in [1.54, 1.807) is 17.0 Å². The topological polar surface area (TPSA) is 76.4 Å². The molecule has 6 nitrogen and oxygen atoms in total. The first-order chi connectivity index (χ1) is 14.1. The van der Waals surface area contributed by atoms with Crippen LogP contribution >= 0.6 is 0 Å². The van der Waals surface area contributed by atoms with Crippen molar-refractivity contribution < 1.29 is 9.59 Å². The summed E-state index contributed by atoms with van der Waals surface area (Å²) in [4.78, 5) is 28.7. The molecule has 148 valence electrons. The lowest BCUT2D eigenvalue weighted by Crippen LogP contribution is -2.49. The molecule has 1 aliphatic carbocycles. The number of carbonyl (C=O) groups excluding carboxylic acids is 2. The van der Waals surface area contributed by atoms with Crippen molar-refractivity contribution in [3.63, 3.8) is 0 Å². The smallest absolute Gasteiger partial charge is 0.324 e. The van der Waals surface area contributed by atoms with Crippen molar-refractivity contribution in [2.24, 2.45) is 5.92 Å². The molecule has 2 aromatic rings. The largest absolute Gasteiger partial charge is 0.326 e. The number of nitrogens with zero attached hydrogens (tertiary/aromatic N) is 3. The maximum Gasteiger partial charge on any atom is 0.324 e. The second kappa shape index (κ2) is 8.36. The highest BCUT2D eigenvalue weighted by Gasteiger charge is 2.27. The van der Waals surface area contributed by atoms with Crippen molar-refractivity contribution in [3.05, 3.63) is 59.7 Å². The summed E-state index contributed by atoms with van der Waals surface area (Å²) in [5.41, 5.74) is 3.23. The Bertz CT molecular complexity index is 927. The molecule has 0 aromatic heterocycles. The standard InChI is InChI=1S/C23H24N4O2/c24-15-17-5-7-18(8-6-17)16-26-13-2-14-27(23(26)29)21-11-9-20(10-12-21)25-22(28)19-3-1-4-19/h5-12,19H,1-4,13-14,16H2,(H,25,28). The van der Waals surface area contributed by atoms with Gasteiger partial charge in [0.05, 0.1) is 11.6 Å². The Hall–Kier alpha value is -3.33. The maximum absolute atomic E-state index is 13.0. The molecule has 4 rings (SSSR count). The first kappa shape index (κ1) is 19.0. The summed E-state index contributed by atoms with van der Waals surface area (Å²) in [5, 5.41) is 11.9. The van der Waals surface area contributed by atoms with Crippen LogP contribution in [0.3, 0.4) is 0 Å². The molecular weight excluding hydrogens is 364 g/mol. The molecular formula is C23H24N4O2. The average Bonchev–Trinajstić information content (AvgIpc) is 2.69. The number of benzene rings is 2. The van der Waals surface area contributed by atoms with Gasteiger partial charge >= 0.3 is 6.03 Å². The summed E-state index contributed by atoms with van der Waals surface area (Å²) in [6.07, 6.45) is 3.97. The van der Waals surface area contributed by atoms with Crippen molar-refractivity contribution in [2.45, 2.75) is 32.2 Å². The van der Waals surface area contributed by atoms with Crippen LogP contribution in [0.1, 0.15) is 36.8 Å². The van der Waals surface area contributed by atoms with Crippen LogP contribution in [0.2, 0.25) is 0 Å². The second-order valence-corrected chi connectivity index (χ2v) is 7.68. The number of nitriles is 1. The highest BCUT2D eigenvalue weighted by atomic mass is 16.2. The fourth-order valence-corrected chi connectivity index (χ4v) is 3.71. The normalized spacial score (nSPS) is 16.9. The highest BCUT2D eigenvalue weighted by molar-refractivity contribution is 5.95. The molecule has 6 heteroatoms. The SMILES string of the molecule is N#Cc1ccc(CN2CCCN(c3ccc(NC(=O)C4CCC4)cc3)C2=O)cc1. The van der Waals surface area contributed by atoms with Gasteiger partial charge in [0.1, 0.15) is 0 Å². The number of hydrogen-bond donors (Lipinski definition) is 1.